The highest BCUT2D eigenvalue weighted by atomic mass is 15.3. The van der Waals surface area contributed by atoms with Crippen LogP contribution >= 0.6 is 0 Å². The van der Waals surface area contributed by atoms with Gasteiger partial charge in [-0.3, -0.25) is 4.68 Å². The third kappa shape index (κ3) is 3.29. The van der Waals surface area contributed by atoms with Crippen molar-refractivity contribution < 1.29 is 0 Å². The van der Waals surface area contributed by atoms with Crippen LogP contribution in [0.4, 0.5) is 0 Å². The monoisotopic (exact) mass is 382 g/mol. The minimum absolute atomic E-state index is 0.335. The topological polar surface area (TPSA) is 71.8 Å². The van der Waals surface area contributed by atoms with Crippen LogP contribution in [-0.4, -0.2) is 24.4 Å². The summed E-state index contributed by atoms with van der Waals surface area (Å²) >= 11 is 0. The summed E-state index contributed by atoms with van der Waals surface area (Å²) in [5, 5.41) is 18.2. The molecule has 0 saturated heterocycles. The van der Waals surface area contributed by atoms with Crippen molar-refractivity contribution in [3.05, 3.63) is 60.8 Å². The van der Waals surface area contributed by atoms with E-state index in [1.807, 2.05) is 41.2 Å². The maximum Gasteiger partial charge on any atom is 0.141 e. The van der Waals surface area contributed by atoms with Crippen molar-refractivity contribution in [2.45, 2.75) is 39.2 Å². The number of fused-ring (bicyclic) bond motifs is 1. The normalized spacial score (nSPS) is 15.6. The van der Waals surface area contributed by atoms with Crippen LogP contribution in [0.25, 0.3) is 27.9 Å². The number of pyridine rings is 2. The smallest absolute Gasteiger partial charge is 0.141 e. The Labute approximate surface area is 169 Å². The summed E-state index contributed by atoms with van der Waals surface area (Å²) in [5.74, 6) is 0. The van der Waals surface area contributed by atoms with Crippen LogP contribution in [0.2, 0.25) is 0 Å². The van der Waals surface area contributed by atoms with Gasteiger partial charge in [0.1, 0.15) is 11.8 Å². The molecule has 0 atom stereocenters. The van der Waals surface area contributed by atoms with E-state index in [0.717, 1.165) is 34.4 Å². The average Bonchev–Trinajstić information content (AvgIpc) is 3.48. The fourth-order valence-electron chi connectivity index (χ4n) is 4.41. The van der Waals surface area contributed by atoms with Gasteiger partial charge in [0.25, 0.3) is 0 Å². The molecule has 0 N–H and O–H groups in total. The predicted molar refractivity (Wildman–Crippen MR) is 111 cm³/mol. The average molecular weight is 382 g/mol. The Bertz CT molecular complexity index is 1220. The van der Waals surface area contributed by atoms with E-state index in [2.05, 4.69) is 39.1 Å². The van der Waals surface area contributed by atoms with E-state index < -0.39 is 0 Å². The lowest BCUT2D eigenvalue weighted by molar-refractivity contribution is 0.268. The van der Waals surface area contributed by atoms with Gasteiger partial charge in [-0.1, -0.05) is 19.8 Å². The zero-order valence-corrected chi connectivity index (χ0v) is 16.4. The predicted octanol–water partition coefficient (Wildman–Crippen LogP) is 4.71. The first-order chi connectivity index (χ1) is 14.1. The molecule has 0 bridgehead atoms. The third-order valence-electron chi connectivity index (χ3n) is 5.98. The maximum absolute atomic E-state index is 9.36. The minimum Gasteiger partial charge on any atom is -0.272 e. The number of nitriles is 1. The molecule has 5 rings (SSSR count). The minimum atomic E-state index is 0.335. The van der Waals surface area contributed by atoms with Crippen LogP contribution in [0, 0.1) is 16.7 Å². The van der Waals surface area contributed by atoms with Crippen LogP contribution < -0.4 is 0 Å². The van der Waals surface area contributed by atoms with E-state index in [0.29, 0.717) is 11.1 Å². The maximum atomic E-state index is 9.36. The van der Waals surface area contributed by atoms with Crippen LogP contribution in [0.5, 0.6) is 0 Å². The first-order valence-corrected chi connectivity index (χ1v) is 10.0. The van der Waals surface area contributed by atoms with Gasteiger partial charge in [-0.25, -0.2) is 9.50 Å². The Kier molecular flexibility index (Phi) is 4.17. The van der Waals surface area contributed by atoms with Crippen LogP contribution in [0.1, 0.15) is 38.3 Å². The molecule has 4 heterocycles. The summed E-state index contributed by atoms with van der Waals surface area (Å²) in [4.78, 5) is 4.63. The number of nitrogens with zero attached hydrogens (tertiary/aromatic N) is 6. The fourth-order valence-corrected chi connectivity index (χ4v) is 4.41. The van der Waals surface area contributed by atoms with Gasteiger partial charge in [-0.2, -0.15) is 15.5 Å². The second-order valence-corrected chi connectivity index (χ2v) is 8.26. The zero-order valence-electron chi connectivity index (χ0n) is 16.4. The first kappa shape index (κ1) is 17.6. The molecule has 6 nitrogen and oxygen atoms in total. The number of rotatable bonds is 4. The van der Waals surface area contributed by atoms with E-state index in [-0.39, 0.29) is 0 Å². The molecule has 29 heavy (non-hydrogen) atoms. The molecular weight excluding hydrogens is 360 g/mol. The largest absolute Gasteiger partial charge is 0.272 e. The molecule has 1 aliphatic rings. The SMILES string of the molecule is CC1(Cn2cc(-c3ccc(C#N)nc3-c3ccn4nccc4c3)cn2)CCCC1. The molecule has 4 aromatic rings. The highest BCUT2D eigenvalue weighted by Gasteiger charge is 2.29. The number of hydrogen-bond donors (Lipinski definition) is 0. The van der Waals surface area contributed by atoms with Gasteiger partial charge < -0.3 is 0 Å². The van der Waals surface area contributed by atoms with Crippen molar-refractivity contribution in [1.29, 1.82) is 5.26 Å². The highest BCUT2D eigenvalue weighted by Crippen LogP contribution is 2.39. The Morgan fingerprint density at radius 3 is 2.79 bits per heavy atom. The van der Waals surface area contributed by atoms with Gasteiger partial charge in [0, 0.05) is 41.8 Å². The van der Waals surface area contributed by atoms with E-state index in [1.54, 1.807) is 12.3 Å². The molecular formula is C23H22N6. The summed E-state index contributed by atoms with van der Waals surface area (Å²) in [5.41, 5.74) is 5.48. The summed E-state index contributed by atoms with van der Waals surface area (Å²) in [6.07, 6.45) is 12.8. The lowest BCUT2D eigenvalue weighted by atomic mass is 9.89. The first-order valence-electron chi connectivity index (χ1n) is 10.0. The Hall–Kier alpha value is -3.46. The zero-order chi connectivity index (χ0) is 19.8. The molecule has 1 saturated carbocycles. The van der Waals surface area contributed by atoms with Crippen molar-refractivity contribution in [2.24, 2.45) is 5.41 Å². The summed E-state index contributed by atoms with van der Waals surface area (Å²) in [6, 6.07) is 11.9. The van der Waals surface area contributed by atoms with Gasteiger partial charge in [0.05, 0.1) is 17.4 Å². The standard InChI is InChI=1S/C23H22N6/c1-23(8-2-3-9-23)16-28-15-18(14-26-28)21-5-4-19(13-24)27-22(21)17-7-11-29-20(12-17)6-10-25-29/h4-7,10-12,14-15H,2-3,8-9,16H2,1H3. The third-order valence-corrected chi connectivity index (χ3v) is 5.98. The van der Waals surface area contributed by atoms with Crippen LogP contribution in [0.15, 0.2) is 55.1 Å². The molecule has 0 aromatic carbocycles. The Morgan fingerprint density at radius 2 is 1.97 bits per heavy atom. The second-order valence-electron chi connectivity index (χ2n) is 8.26. The van der Waals surface area contributed by atoms with Gasteiger partial charge in [0.2, 0.25) is 0 Å². The Morgan fingerprint density at radius 1 is 1.10 bits per heavy atom. The molecule has 0 aliphatic heterocycles. The van der Waals surface area contributed by atoms with Gasteiger partial charge >= 0.3 is 0 Å². The van der Waals surface area contributed by atoms with Crippen molar-refractivity contribution >= 4 is 5.52 Å². The fraction of sp³-hybridized carbons (Fsp3) is 0.304. The van der Waals surface area contributed by atoms with Crippen LogP contribution in [-0.2, 0) is 6.54 Å². The highest BCUT2D eigenvalue weighted by molar-refractivity contribution is 5.82. The lowest BCUT2D eigenvalue weighted by Gasteiger charge is -2.22. The van der Waals surface area contributed by atoms with Crippen molar-refractivity contribution in [3.63, 3.8) is 0 Å². The van der Waals surface area contributed by atoms with Gasteiger partial charge in [-0.15, -0.1) is 0 Å². The molecule has 144 valence electrons. The summed E-state index contributed by atoms with van der Waals surface area (Å²) in [6.45, 7) is 3.30. The summed E-state index contributed by atoms with van der Waals surface area (Å²) < 4.78 is 3.88. The van der Waals surface area contributed by atoms with Gasteiger partial charge in [-0.05, 0) is 48.6 Å². The molecule has 0 amide bonds. The van der Waals surface area contributed by atoms with Crippen molar-refractivity contribution in [3.8, 4) is 28.5 Å². The van der Waals surface area contributed by atoms with Crippen molar-refractivity contribution in [1.82, 2.24) is 24.4 Å². The van der Waals surface area contributed by atoms with E-state index >= 15 is 0 Å². The molecule has 1 aliphatic carbocycles. The second kappa shape index (κ2) is 6.85. The van der Waals surface area contributed by atoms with E-state index in [4.69, 9.17) is 0 Å². The lowest BCUT2D eigenvalue weighted by Crippen LogP contribution is -2.19. The molecule has 6 heteroatoms. The van der Waals surface area contributed by atoms with E-state index in [9.17, 15) is 5.26 Å². The van der Waals surface area contributed by atoms with E-state index in [1.165, 1.54) is 25.7 Å². The molecule has 0 radical (unpaired) electrons. The van der Waals surface area contributed by atoms with Crippen molar-refractivity contribution in [2.75, 3.05) is 0 Å². The Balaban J connectivity index is 1.56. The molecule has 1 fully saturated rings. The number of aromatic nitrogens is 5. The quantitative estimate of drug-likeness (QED) is 0.512. The van der Waals surface area contributed by atoms with Gasteiger partial charge in [0.15, 0.2) is 0 Å². The summed E-state index contributed by atoms with van der Waals surface area (Å²) in [7, 11) is 0. The molecule has 4 aromatic heterocycles. The molecule has 0 spiro atoms. The number of hydrogen-bond acceptors (Lipinski definition) is 4. The molecule has 0 unspecified atom stereocenters. The van der Waals surface area contributed by atoms with Crippen LogP contribution in [0.3, 0.4) is 0 Å².